The molecule has 5 rings (SSSR count). The zero-order valence-corrected chi connectivity index (χ0v) is 15.1. The van der Waals surface area contributed by atoms with Gasteiger partial charge in [0.2, 0.25) is 0 Å². The first-order valence-corrected chi connectivity index (χ1v) is 9.55. The Kier molecular flexibility index (Phi) is 3.71. The smallest absolute Gasteiger partial charge is 0.174 e. The zero-order chi connectivity index (χ0) is 18.4. The van der Waals surface area contributed by atoms with E-state index in [0.29, 0.717) is 11.3 Å². The van der Waals surface area contributed by atoms with Crippen molar-refractivity contribution in [3.8, 4) is 0 Å². The Balaban J connectivity index is 1.83. The number of benzene rings is 3. The van der Waals surface area contributed by atoms with Crippen LogP contribution in [0.5, 0.6) is 0 Å². The van der Waals surface area contributed by atoms with E-state index < -0.39 is 0 Å². The summed E-state index contributed by atoms with van der Waals surface area (Å²) in [4.78, 5) is 13.5. The van der Waals surface area contributed by atoms with Crippen LogP contribution in [0.3, 0.4) is 0 Å². The number of carbonyl (C=O) groups excluding carboxylic acids is 1. The van der Waals surface area contributed by atoms with E-state index >= 15 is 0 Å². The molecule has 3 aromatic rings. The summed E-state index contributed by atoms with van der Waals surface area (Å²) in [6.45, 7) is 0. The van der Waals surface area contributed by atoms with Gasteiger partial charge in [-0.1, -0.05) is 48.6 Å². The van der Waals surface area contributed by atoms with Gasteiger partial charge in [0, 0.05) is 11.3 Å². The van der Waals surface area contributed by atoms with Crippen LogP contribution in [0.2, 0.25) is 0 Å². The molecule has 0 radical (unpaired) electrons. The molecule has 2 heteroatoms. The van der Waals surface area contributed by atoms with E-state index in [0.717, 1.165) is 24.5 Å². The van der Waals surface area contributed by atoms with Gasteiger partial charge >= 0.3 is 0 Å². The first kappa shape index (κ1) is 16.1. The summed E-state index contributed by atoms with van der Waals surface area (Å²) < 4.78 is 0. The van der Waals surface area contributed by atoms with Crippen molar-refractivity contribution in [2.75, 3.05) is 5.73 Å². The van der Waals surface area contributed by atoms with Crippen molar-refractivity contribution in [2.45, 2.75) is 25.2 Å². The molecule has 2 aliphatic rings. The molecule has 0 saturated carbocycles. The number of ketones is 1. The fourth-order valence-electron chi connectivity index (χ4n) is 4.46. The third-order valence-electron chi connectivity index (χ3n) is 5.77. The zero-order valence-electron chi connectivity index (χ0n) is 15.1. The van der Waals surface area contributed by atoms with Crippen LogP contribution in [0.1, 0.15) is 40.2 Å². The Labute approximate surface area is 158 Å². The number of carbonyl (C=O) groups is 1. The Morgan fingerprint density at radius 3 is 2.56 bits per heavy atom. The fraction of sp³-hybridized carbons (Fsp3) is 0.160. The summed E-state index contributed by atoms with van der Waals surface area (Å²) in [7, 11) is 0. The first-order chi connectivity index (χ1) is 13.2. The van der Waals surface area contributed by atoms with Crippen LogP contribution in [-0.2, 0) is 6.42 Å². The van der Waals surface area contributed by atoms with Crippen LogP contribution < -0.4 is 16.2 Å². The Morgan fingerprint density at radius 2 is 1.70 bits per heavy atom. The summed E-state index contributed by atoms with van der Waals surface area (Å²) >= 11 is 0. The molecule has 3 aromatic carbocycles. The minimum atomic E-state index is -0.250. The number of nitrogen functional groups attached to an aromatic ring is 1. The van der Waals surface area contributed by atoms with Gasteiger partial charge < -0.3 is 5.73 Å². The van der Waals surface area contributed by atoms with Crippen LogP contribution in [0.4, 0.5) is 5.69 Å². The fourth-order valence-corrected chi connectivity index (χ4v) is 4.46. The topological polar surface area (TPSA) is 43.1 Å². The van der Waals surface area contributed by atoms with Crippen LogP contribution in [0, 0.1) is 10.4 Å². The largest absolute Gasteiger partial charge is 0.399 e. The van der Waals surface area contributed by atoms with E-state index in [1.165, 1.54) is 26.8 Å². The van der Waals surface area contributed by atoms with E-state index in [2.05, 4.69) is 42.5 Å². The SMILES string of the molecule is Nc1ccc(C(=O)C2C=c3ccccc3=c3ccc4c(c32)CCCC=4)cc1. The highest BCUT2D eigenvalue weighted by atomic mass is 16.1. The second kappa shape index (κ2) is 6.24. The highest BCUT2D eigenvalue weighted by Crippen LogP contribution is 2.30. The van der Waals surface area contributed by atoms with Gasteiger partial charge in [0.05, 0.1) is 5.92 Å². The third-order valence-corrected chi connectivity index (χ3v) is 5.77. The summed E-state index contributed by atoms with van der Waals surface area (Å²) in [5.41, 5.74) is 9.75. The number of anilines is 1. The van der Waals surface area contributed by atoms with E-state index in [1.807, 2.05) is 18.2 Å². The third kappa shape index (κ3) is 2.60. The lowest BCUT2D eigenvalue weighted by molar-refractivity contribution is 0.0980. The normalized spacial score (nSPS) is 17.0. The van der Waals surface area contributed by atoms with Crippen LogP contribution in [0.25, 0.3) is 12.2 Å². The molecule has 27 heavy (non-hydrogen) atoms. The van der Waals surface area contributed by atoms with E-state index in [9.17, 15) is 4.79 Å². The number of hydrogen-bond acceptors (Lipinski definition) is 2. The minimum absolute atomic E-state index is 0.143. The maximum absolute atomic E-state index is 13.5. The summed E-state index contributed by atoms with van der Waals surface area (Å²) in [5, 5.41) is 4.86. The van der Waals surface area contributed by atoms with Crippen molar-refractivity contribution in [2.24, 2.45) is 0 Å². The highest BCUT2D eigenvalue weighted by molar-refractivity contribution is 6.05. The van der Waals surface area contributed by atoms with Gasteiger partial charge in [-0.3, -0.25) is 4.79 Å². The van der Waals surface area contributed by atoms with Crippen LogP contribution in [-0.4, -0.2) is 5.78 Å². The van der Waals surface area contributed by atoms with E-state index in [-0.39, 0.29) is 11.7 Å². The van der Waals surface area contributed by atoms with Crippen molar-refractivity contribution < 1.29 is 4.79 Å². The predicted octanol–water partition coefficient (Wildman–Crippen LogP) is 3.43. The molecule has 0 fully saturated rings. The van der Waals surface area contributed by atoms with E-state index in [4.69, 9.17) is 5.73 Å². The summed E-state index contributed by atoms with van der Waals surface area (Å²) in [6, 6.07) is 20.1. The van der Waals surface area contributed by atoms with Crippen molar-refractivity contribution in [1.29, 1.82) is 0 Å². The molecule has 0 bridgehead atoms. The number of rotatable bonds is 2. The lowest BCUT2D eigenvalue weighted by Crippen LogP contribution is -2.25. The lowest BCUT2D eigenvalue weighted by atomic mass is 9.80. The molecule has 0 spiro atoms. The molecule has 0 aromatic heterocycles. The molecule has 132 valence electrons. The number of hydrogen-bond donors (Lipinski definition) is 1. The van der Waals surface area contributed by atoms with Gasteiger partial charge in [-0.25, -0.2) is 0 Å². The Hall–Kier alpha value is -3.13. The lowest BCUT2D eigenvalue weighted by Gasteiger charge is -2.23. The van der Waals surface area contributed by atoms with E-state index in [1.54, 1.807) is 12.1 Å². The Bertz CT molecular complexity index is 1270. The number of Topliss-reactive ketones (excluding diaryl/α,β-unsaturated/α-hetero) is 1. The molecule has 0 aliphatic heterocycles. The van der Waals surface area contributed by atoms with Crippen molar-refractivity contribution in [1.82, 2.24) is 0 Å². The molecule has 0 saturated heterocycles. The second-order valence-electron chi connectivity index (χ2n) is 7.41. The average Bonchev–Trinajstić information content (AvgIpc) is 2.73. The second-order valence-corrected chi connectivity index (χ2v) is 7.41. The minimum Gasteiger partial charge on any atom is -0.399 e. The van der Waals surface area contributed by atoms with Gasteiger partial charge in [-0.2, -0.15) is 0 Å². The molecule has 2 N–H and O–H groups in total. The predicted molar refractivity (Wildman–Crippen MR) is 110 cm³/mol. The average molecular weight is 351 g/mol. The monoisotopic (exact) mass is 351 g/mol. The molecule has 0 amide bonds. The Morgan fingerprint density at radius 1 is 0.889 bits per heavy atom. The standard InChI is InChI=1S/C25H21NO/c26-19-12-9-17(10-13-19)25(27)23-15-18-6-2-3-7-20(18)22-14-11-16-5-1-4-8-21(16)24(22)23/h2-3,5-7,9-15,23H,1,4,8,26H2. The number of fused-ring (bicyclic) bond motifs is 4. The van der Waals surface area contributed by atoms with Crippen LogP contribution >= 0.6 is 0 Å². The van der Waals surface area contributed by atoms with Crippen molar-refractivity contribution in [3.63, 3.8) is 0 Å². The highest BCUT2D eigenvalue weighted by Gasteiger charge is 2.26. The van der Waals surface area contributed by atoms with Gasteiger partial charge in [0.15, 0.2) is 5.78 Å². The van der Waals surface area contributed by atoms with Gasteiger partial charge in [0.25, 0.3) is 0 Å². The van der Waals surface area contributed by atoms with Crippen molar-refractivity contribution >= 4 is 23.6 Å². The molecule has 1 unspecified atom stereocenters. The molecule has 1 atom stereocenters. The summed E-state index contributed by atoms with van der Waals surface area (Å²) in [6.07, 6.45) is 7.75. The first-order valence-electron chi connectivity index (χ1n) is 9.55. The number of nitrogens with two attached hydrogens (primary N) is 1. The molecule has 2 nitrogen and oxygen atoms in total. The maximum atomic E-state index is 13.5. The molecule has 2 aliphatic carbocycles. The molecular formula is C25H21NO. The van der Waals surface area contributed by atoms with Gasteiger partial charge in [-0.05, 0) is 75.5 Å². The van der Waals surface area contributed by atoms with Crippen molar-refractivity contribution in [3.05, 3.63) is 98.2 Å². The molecular weight excluding hydrogens is 330 g/mol. The quantitative estimate of drug-likeness (QED) is 0.568. The van der Waals surface area contributed by atoms with Gasteiger partial charge in [0.1, 0.15) is 0 Å². The van der Waals surface area contributed by atoms with Gasteiger partial charge in [-0.15, -0.1) is 0 Å². The van der Waals surface area contributed by atoms with Crippen LogP contribution in [0.15, 0.2) is 60.7 Å². The molecule has 0 heterocycles. The maximum Gasteiger partial charge on any atom is 0.174 e. The summed E-state index contributed by atoms with van der Waals surface area (Å²) in [5.74, 6) is -0.107.